The van der Waals surface area contributed by atoms with E-state index in [-0.39, 0.29) is 0 Å². The quantitative estimate of drug-likeness (QED) is 0.850. The number of nitrogens with zero attached hydrogens (tertiary/aromatic N) is 2. The number of anilines is 2. The third kappa shape index (κ3) is 3.93. The topological polar surface area (TPSA) is 72.2 Å². The summed E-state index contributed by atoms with van der Waals surface area (Å²) in [5.74, 6) is 1.29. The van der Waals surface area contributed by atoms with Crippen molar-refractivity contribution in [3.63, 3.8) is 0 Å². The fourth-order valence-electron chi connectivity index (χ4n) is 1.48. The molecule has 0 aliphatic rings. The zero-order valence-electron chi connectivity index (χ0n) is 10.7. The average Bonchev–Trinajstić information content (AvgIpc) is 2.83. The first-order valence-electron chi connectivity index (χ1n) is 5.86. The molecule has 2 rings (SSSR count). The summed E-state index contributed by atoms with van der Waals surface area (Å²) in [7, 11) is 1.62. The van der Waals surface area contributed by atoms with Crippen LogP contribution in [0, 0.1) is 0 Å². The summed E-state index contributed by atoms with van der Waals surface area (Å²) in [6.07, 6.45) is 0. The van der Waals surface area contributed by atoms with E-state index in [0.717, 1.165) is 22.5 Å². The summed E-state index contributed by atoms with van der Waals surface area (Å²) in [5.41, 5.74) is 0.810. The molecule has 0 radical (unpaired) electrons. The molecular formula is C12H15BrN4O2. The van der Waals surface area contributed by atoms with Crippen LogP contribution in [0.25, 0.3) is 0 Å². The van der Waals surface area contributed by atoms with E-state index in [1.807, 2.05) is 25.1 Å². The molecule has 0 spiro atoms. The van der Waals surface area contributed by atoms with Gasteiger partial charge in [0.05, 0.1) is 13.7 Å². The molecule has 102 valence electrons. The second kappa shape index (κ2) is 6.53. The summed E-state index contributed by atoms with van der Waals surface area (Å²) in [6, 6.07) is 5.97. The maximum Gasteiger partial charge on any atom is 0.320 e. The Morgan fingerprint density at radius 2 is 2.16 bits per heavy atom. The highest BCUT2D eigenvalue weighted by Gasteiger charge is 2.07. The van der Waals surface area contributed by atoms with Gasteiger partial charge in [-0.3, -0.25) is 0 Å². The van der Waals surface area contributed by atoms with Crippen molar-refractivity contribution in [3.8, 4) is 5.75 Å². The molecule has 7 heteroatoms. The van der Waals surface area contributed by atoms with Crippen LogP contribution < -0.4 is 15.4 Å². The number of ether oxygens (including phenoxy) is 1. The lowest BCUT2D eigenvalue weighted by Crippen LogP contribution is -2.11. The molecular weight excluding hydrogens is 312 g/mol. The first-order valence-corrected chi connectivity index (χ1v) is 6.65. The maximum absolute atomic E-state index is 5.45. The van der Waals surface area contributed by atoms with E-state index in [0.29, 0.717) is 18.5 Å². The average molecular weight is 327 g/mol. The molecule has 0 fully saturated rings. The molecule has 1 heterocycles. The fourth-order valence-corrected chi connectivity index (χ4v) is 1.96. The molecule has 1 aromatic heterocycles. The molecule has 0 amide bonds. The minimum atomic E-state index is 0.355. The second-order valence-corrected chi connectivity index (χ2v) is 4.70. The smallest absolute Gasteiger partial charge is 0.320 e. The van der Waals surface area contributed by atoms with Crippen LogP contribution in [0.3, 0.4) is 0 Å². The molecule has 6 nitrogen and oxygen atoms in total. The molecule has 0 aliphatic heterocycles. The predicted molar refractivity (Wildman–Crippen MR) is 75.7 cm³/mol. The first-order chi connectivity index (χ1) is 9.21. The third-order valence-corrected chi connectivity index (χ3v) is 2.81. The van der Waals surface area contributed by atoms with Crippen molar-refractivity contribution >= 4 is 27.6 Å². The lowest BCUT2D eigenvalue weighted by atomic mass is 10.3. The Morgan fingerprint density at radius 3 is 2.89 bits per heavy atom. The van der Waals surface area contributed by atoms with Crippen LogP contribution in [0.2, 0.25) is 0 Å². The van der Waals surface area contributed by atoms with Crippen molar-refractivity contribution in [1.82, 2.24) is 15.5 Å². The lowest BCUT2D eigenvalue weighted by Gasteiger charge is -2.05. The largest absolute Gasteiger partial charge is 0.497 e. The highest BCUT2D eigenvalue weighted by atomic mass is 79.9. The first kappa shape index (κ1) is 13.8. The zero-order valence-corrected chi connectivity index (χ0v) is 12.3. The van der Waals surface area contributed by atoms with Crippen LogP contribution in [0.5, 0.6) is 5.75 Å². The van der Waals surface area contributed by atoms with Crippen molar-refractivity contribution in [1.29, 1.82) is 0 Å². The van der Waals surface area contributed by atoms with E-state index >= 15 is 0 Å². The molecule has 19 heavy (non-hydrogen) atoms. The molecule has 0 saturated carbocycles. The molecule has 0 atom stereocenters. The molecule has 1 aromatic carbocycles. The third-order valence-electron chi connectivity index (χ3n) is 2.35. The second-order valence-electron chi connectivity index (χ2n) is 3.79. The Hall–Kier alpha value is -1.60. The standard InChI is InChI=1S/C12H15BrN4O2/c1-3-14-7-11-16-17-12(19-11)15-9-4-8(13)5-10(6-9)18-2/h4-6,14H,3,7H2,1-2H3,(H,15,17). The summed E-state index contributed by atoms with van der Waals surface area (Å²) >= 11 is 3.41. The Morgan fingerprint density at radius 1 is 1.32 bits per heavy atom. The molecule has 0 aliphatic carbocycles. The number of hydrogen-bond donors (Lipinski definition) is 2. The van der Waals surface area contributed by atoms with Crippen molar-refractivity contribution in [3.05, 3.63) is 28.6 Å². The molecule has 2 N–H and O–H groups in total. The number of rotatable bonds is 6. The summed E-state index contributed by atoms with van der Waals surface area (Å²) in [6.45, 7) is 3.43. The van der Waals surface area contributed by atoms with Gasteiger partial charge in [0.1, 0.15) is 5.75 Å². The number of methoxy groups -OCH3 is 1. The minimum Gasteiger partial charge on any atom is -0.497 e. The van der Waals surface area contributed by atoms with Gasteiger partial charge in [0.15, 0.2) is 0 Å². The summed E-state index contributed by atoms with van der Waals surface area (Å²) in [5, 5.41) is 14.0. The Labute approximate surface area is 119 Å². The molecule has 0 saturated heterocycles. The van der Waals surface area contributed by atoms with E-state index in [2.05, 4.69) is 36.8 Å². The van der Waals surface area contributed by atoms with E-state index in [9.17, 15) is 0 Å². The van der Waals surface area contributed by atoms with Gasteiger partial charge in [0.2, 0.25) is 5.89 Å². The van der Waals surface area contributed by atoms with Crippen LogP contribution in [-0.4, -0.2) is 23.9 Å². The molecule has 2 aromatic rings. The van der Waals surface area contributed by atoms with Crippen LogP contribution in [0.4, 0.5) is 11.7 Å². The van der Waals surface area contributed by atoms with Gasteiger partial charge in [-0.25, -0.2) is 0 Å². The normalized spacial score (nSPS) is 10.5. The van der Waals surface area contributed by atoms with Crippen LogP contribution in [0.15, 0.2) is 27.1 Å². The number of benzene rings is 1. The van der Waals surface area contributed by atoms with Gasteiger partial charge in [-0.1, -0.05) is 28.0 Å². The number of nitrogens with one attached hydrogen (secondary N) is 2. The van der Waals surface area contributed by atoms with Crippen molar-refractivity contribution in [2.24, 2.45) is 0 Å². The van der Waals surface area contributed by atoms with Crippen molar-refractivity contribution < 1.29 is 9.15 Å². The van der Waals surface area contributed by atoms with Crippen molar-refractivity contribution in [2.45, 2.75) is 13.5 Å². The Balaban J connectivity index is 2.08. The van der Waals surface area contributed by atoms with Gasteiger partial charge in [0.25, 0.3) is 0 Å². The monoisotopic (exact) mass is 326 g/mol. The number of aromatic nitrogens is 2. The highest BCUT2D eigenvalue weighted by molar-refractivity contribution is 9.10. The number of hydrogen-bond acceptors (Lipinski definition) is 6. The van der Waals surface area contributed by atoms with Crippen LogP contribution in [-0.2, 0) is 6.54 Å². The maximum atomic E-state index is 5.45. The van der Waals surface area contributed by atoms with Gasteiger partial charge in [-0.05, 0) is 18.7 Å². The van der Waals surface area contributed by atoms with E-state index in [4.69, 9.17) is 9.15 Å². The van der Waals surface area contributed by atoms with Gasteiger partial charge < -0.3 is 19.8 Å². The summed E-state index contributed by atoms with van der Waals surface area (Å²) in [4.78, 5) is 0. The number of halogens is 1. The van der Waals surface area contributed by atoms with Crippen LogP contribution in [0.1, 0.15) is 12.8 Å². The predicted octanol–water partition coefficient (Wildman–Crippen LogP) is 2.69. The fraction of sp³-hybridized carbons (Fsp3) is 0.333. The van der Waals surface area contributed by atoms with E-state index in [1.165, 1.54) is 0 Å². The molecule has 0 bridgehead atoms. The van der Waals surface area contributed by atoms with Gasteiger partial charge >= 0.3 is 6.01 Å². The van der Waals surface area contributed by atoms with Gasteiger partial charge in [0, 0.05) is 16.2 Å². The molecule has 0 unspecified atom stereocenters. The van der Waals surface area contributed by atoms with Gasteiger partial charge in [-0.2, -0.15) is 0 Å². The Kier molecular flexibility index (Phi) is 4.75. The minimum absolute atomic E-state index is 0.355. The summed E-state index contributed by atoms with van der Waals surface area (Å²) < 4.78 is 11.5. The van der Waals surface area contributed by atoms with Crippen molar-refractivity contribution in [2.75, 3.05) is 19.0 Å². The lowest BCUT2D eigenvalue weighted by molar-refractivity contribution is 0.414. The van der Waals surface area contributed by atoms with Crippen LogP contribution >= 0.6 is 15.9 Å². The van der Waals surface area contributed by atoms with E-state index < -0.39 is 0 Å². The zero-order chi connectivity index (χ0) is 13.7. The Bertz CT molecular complexity index is 544. The SMILES string of the molecule is CCNCc1nnc(Nc2cc(Br)cc(OC)c2)o1. The highest BCUT2D eigenvalue weighted by Crippen LogP contribution is 2.26. The van der Waals surface area contributed by atoms with Gasteiger partial charge in [-0.15, -0.1) is 5.10 Å². The van der Waals surface area contributed by atoms with E-state index in [1.54, 1.807) is 7.11 Å².